The van der Waals surface area contributed by atoms with Gasteiger partial charge < -0.3 is 10.6 Å². The number of hydrogen-bond donors (Lipinski definition) is 2. The maximum Gasteiger partial charge on any atom is 0.229 e. The van der Waals surface area contributed by atoms with Crippen molar-refractivity contribution >= 4 is 34.8 Å². The molecular weight excluding hydrogens is 351 g/mol. The van der Waals surface area contributed by atoms with Crippen LogP contribution in [0.4, 0.5) is 9.52 Å². The number of benzene rings is 1. The molecule has 1 aromatic carbocycles. The molecule has 1 aromatic heterocycles. The fourth-order valence-electron chi connectivity index (χ4n) is 2.77. The third-order valence-corrected chi connectivity index (χ3v) is 4.77. The molecule has 0 radical (unpaired) electrons. The molecule has 130 valence electrons. The molecule has 3 rings (SSSR count). The summed E-state index contributed by atoms with van der Waals surface area (Å²) in [6.45, 7) is 2.95. The van der Waals surface area contributed by atoms with E-state index in [4.69, 9.17) is 0 Å². The standard InChI is InChI=1S/C16H19FN4OS.ClH/c1-10-7-12(5-6-18-10)15(22)19-16-21-20-14(23-16)9-11-3-2-4-13(17)8-11;/h2-4,8,10,12,18H,5-7,9H2,1H3,(H,19,21,22);1H/t10-,12-;/m0./s1. The number of piperidine rings is 1. The second kappa shape index (κ2) is 8.50. The Bertz CT molecular complexity index is 696. The maximum absolute atomic E-state index is 13.2. The highest BCUT2D eigenvalue weighted by Crippen LogP contribution is 2.22. The van der Waals surface area contributed by atoms with Crippen LogP contribution in [0.25, 0.3) is 0 Å². The van der Waals surface area contributed by atoms with Crippen molar-refractivity contribution in [3.8, 4) is 0 Å². The van der Waals surface area contributed by atoms with Crippen molar-refractivity contribution in [3.05, 3.63) is 40.7 Å². The number of nitrogens with zero attached hydrogens (tertiary/aromatic N) is 2. The molecule has 2 N–H and O–H groups in total. The highest BCUT2D eigenvalue weighted by atomic mass is 35.5. The summed E-state index contributed by atoms with van der Waals surface area (Å²) in [6.07, 6.45) is 2.18. The fraction of sp³-hybridized carbons (Fsp3) is 0.438. The largest absolute Gasteiger partial charge is 0.314 e. The lowest BCUT2D eigenvalue weighted by Crippen LogP contribution is -2.40. The molecule has 1 fully saturated rings. The van der Waals surface area contributed by atoms with E-state index in [-0.39, 0.29) is 30.0 Å². The Morgan fingerprint density at radius 2 is 2.29 bits per heavy atom. The van der Waals surface area contributed by atoms with Gasteiger partial charge in [0.15, 0.2) is 0 Å². The summed E-state index contributed by atoms with van der Waals surface area (Å²) in [5, 5.41) is 15.5. The Hall–Kier alpha value is -1.57. The molecule has 0 saturated carbocycles. The minimum atomic E-state index is -0.263. The van der Waals surface area contributed by atoms with E-state index in [0.29, 0.717) is 17.6 Å². The average molecular weight is 371 g/mol. The number of carbonyl (C=O) groups excluding carboxylic acids is 1. The lowest BCUT2D eigenvalue weighted by Gasteiger charge is -2.26. The SMILES string of the molecule is C[C@H]1C[C@@H](C(=O)Nc2nnc(Cc3cccc(F)c3)s2)CCN1.Cl. The van der Waals surface area contributed by atoms with Crippen molar-refractivity contribution in [2.75, 3.05) is 11.9 Å². The van der Waals surface area contributed by atoms with Crippen LogP contribution in [0.5, 0.6) is 0 Å². The van der Waals surface area contributed by atoms with Gasteiger partial charge in [0.1, 0.15) is 10.8 Å². The summed E-state index contributed by atoms with van der Waals surface area (Å²) in [7, 11) is 0. The normalized spacial score (nSPS) is 20.2. The van der Waals surface area contributed by atoms with Crippen molar-refractivity contribution in [2.45, 2.75) is 32.2 Å². The predicted octanol–water partition coefficient (Wildman–Crippen LogP) is 3.02. The Morgan fingerprint density at radius 3 is 3.04 bits per heavy atom. The van der Waals surface area contributed by atoms with Gasteiger partial charge in [0, 0.05) is 18.4 Å². The third-order valence-electron chi connectivity index (χ3n) is 3.94. The molecule has 2 aromatic rings. The molecule has 8 heteroatoms. The van der Waals surface area contributed by atoms with Gasteiger partial charge in [-0.3, -0.25) is 4.79 Å². The van der Waals surface area contributed by atoms with Gasteiger partial charge in [-0.2, -0.15) is 0 Å². The number of amides is 1. The monoisotopic (exact) mass is 370 g/mol. The number of nitrogens with one attached hydrogen (secondary N) is 2. The molecule has 1 saturated heterocycles. The first-order chi connectivity index (χ1) is 11.1. The minimum absolute atomic E-state index is 0. The molecule has 0 spiro atoms. The van der Waals surface area contributed by atoms with Crippen molar-refractivity contribution in [3.63, 3.8) is 0 Å². The van der Waals surface area contributed by atoms with Crippen LogP contribution in [-0.4, -0.2) is 28.7 Å². The Balaban J connectivity index is 0.00000208. The number of aromatic nitrogens is 2. The van der Waals surface area contributed by atoms with Crippen LogP contribution in [0.2, 0.25) is 0 Å². The van der Waals surface area contributed by atoms with Crippen LogP contribution in [0.3, 0.4) is 0 Å². The summed E-state index contributed by atoms with van der Waals surface area (Å²) >= 11 is 1.33. The Morgan fingerprint density at radius 1 is 1.46 bits per heavy atom. The summed E-state index contributed by atoms with van der Waals surface area (Å²) in [4.78, 5) is 12.3. The highest BCUT2D eigenvalue weighted by Gasteiger charge is 2.25. The van der Waals surface area contributed by atoms with Crippen LogP contribution in [0, 0.1) is 11.7 Å². The molecule has 5 nitrogen and oxygen atoms in total. The second-order valence-electron chi connectivity index (χ2n) is 5.87. The zero-order chi connectivity index (χ0) is 16.2. The van der Waals surface area contributed by atoms with Crippen LogP contribution < -0.4 is 10.6 Å². The summed E-state index contributed by atoms with van der Waals surface area (Å²) in [5.74, 6) is -0.241. The number of rotatable bonds is 4. The quantitative estimate of drug-likeness (QED) is 0.868. The van der Waals surface area contributed by atoms with E-state index < -0.39 is 0 Å². The number of anilines is 1. The smallest absolute Gasteiger partial charge is 0.229 e. The van der Waals surface area contributed by atoms with Crippen molar-refractivity contribution < 1.29 is 9.18 Å². The molecule has 2 atom stereocenters. The summed E-state index contributed by atoms with van der Waals surface area (Å²) in [5.41, 5.74) is 0.839. The minimum Gasteiger partial charge on any atom is -0.314 e. The Kier molecular flexibility index (Phi) is 6.65. The van der Waals surface area contributed by atoms with Crippen LogP contribution >= 0.6 is 23.7 Å². The van der Waals surface area contributed by atoms with Crippen LogP contribution in [0.1, 0.15) is 30.3 Å². The lowest BCUT2D eigenvalue weighted by atomic mass is 9.93. The van der Waals surface area contributed by atoms with Gasteiger partial charge in [0.25, 0.3) is 0 Å². The predicted molar refractivity (Wildman–Crippen MR) is 95.2 cm³/mol. The highest BCUT2D eigenvalue weighted by molar-refractivity contribution is 7.15. The van der Waals surface area contributed by atoms with Gasteiger partial charge in [-0.1, -0.05) is 23.5 Å². The van der Waals surface area contributed by atoms with E-state index in [9.17, 15) is 9.18 Å². The molecule has 1 aliphatic rings. The first kappa shape index (κ1) is 18.8. The van der Waals surface area contributed by atoms with Crippen molar-refractivity contribution in [1.29, 1.82) is 0 Å². The molecule has 0 bridgehead atoms. The first-order valence-corrected chi connectivity index (χ1v) is 8.53. The van der Waals surface area contributed by atoms with Crippen molar-refractivity contribution in [2.24, 2.45) is 5.92 Å². The number of halogens is 2. The fourth-order valence-corrected chi connectivity index (χ4v) is 3.55. The van der Waals surface area contributed by atoms with Crippen molar-refractivity contribution in [1.82, 2.24) is 15.5 Å². The molecule has 0 unspecified atom stereocenters. The topological polar surface area (TPSA) is 66.9 Å². The molecular formula is C16H20ClFN4OS. The van der Waals surface area contributed by atoms with E-state index >= 15 is 0 Å². The second-order valence-corrected chi connectivity index (χ2v) is 6.94. The molecule has 1 aliphatic heterocycles. The van der Waals surface area contributed by atoms with Gasteiger partial charge >= 0.3 is 0 Å². The molecule has 0 aliphatic carbocycles. The molecule has 2 heterocycles. The van der Waals surface area contributed by atoms with E-state index in [2.05, 4.69) is 27.8 Å². The summed E-state index contributed by atoms with van der Waals surface area (Å²) in [6, 6.07) is 6.77. The van der Waals surface area contributed by atoms with E-state index in [1.807, 2.05) is 6.07 Å². The van der Waals surface area contributed by atoms with Crippen LogP contribution in [-0.2, 0) is 11.2 Å². The van der Waals surface area contributed by atoms with E-state index in [1.54, 1.807) is 6.07 Å². The van der Waals surface area contributed by atoms with Gasteiger partial charge in [-0.15, -0.1) is 22.6 Å². The van der Waals surface area contributed by atoms with E-state index in [1.165, 1.54) is 23.5 Å². The van der Waals surface area contributed by atoms with Gasteiger partial charge in [0.05, 0.1) is 0 Å². The zero-order valence-corrected chi connectivity index (χ0v) is 14.9. The molecule has 1 amide bonds. The first-order valence-electron chi connectivity index (χ1n) is 7.71. The molecule has 24 heavy (non-hydrogen) atoms. The summed E-state index contributed by atoms with van der Waals surface area (Å²) < 4.78 is 13.2. The van der Waals surface area contributed by atoms with Gasteiger partial charge in [-0.25, -0.2) is 4.39 Å². The van der Waals surface area contributed by atoms with Gasteiger partial charge in [0.2, 0.25) is 11.0 Å². The number of carbonyl (C=O) groups is 1. The van der Waals surface area contributed by atoms with Gasteiger partial charge in [-0.05, 0) is 44.0 Å². The third kappa shape index (κ3) is 4.96. The van der Waals surface area contributed by atoms with Crippen LogP contribution in [0.15, 0.2) is 24.3 Å². The maximum atomic E-state index is 13.2. The number of hydrogen-bond acceptors (Lipinski definition) is 5. The Labute approximate surface area is 150 Å². The lowest BCUT2D eigenvalue weighted by molar-refractivity contribution is -0.120. The van der Waals surface area contributed by atoms with E-state index in [0.717, 1.165) is 30.0 Å². The average Bonchev–Trinajstić information content (AvgIpc) is 2.94. The zero-order valence-electron chi connectivity index (χ0n) is 13.3.